The number of phenolic OH excluding ortho intramolecular Hbond substituents is 1. The SMILES string of the molecule is CCNC(=NCC(C(C)C)N1CCOCC1)NCCc1cccc(OC)c1O.I. The molecule has 8 heteroatoms. The van der Waals surface area contributed by atoms with E-state index < -0.39 is 0 Å². The molecule has 1 saturated heterocycles. The van der Waals surface area contributed by atoms with Gasteiger partial charge in [0.1, 0.15) is 0 Å². The minimum Gasteiger partial charge on any atom is -0.504 e. The molecule has 0 radical (unpaired) electrons. The highest BCUT2D eigenvalue weighted by Crippen LogP contribution is 2.29. The highest BCUT2D eigenvalue weighted by molar-refractivity contribution is 14.0. The zero-order valence-electron chi connectivity index (χ0n) is 18.1. The van der Waals surface area contributed by atoms with E-state index in [1.807, 2.05) is 12.1 Å². The minimum absolute atomic E-state index is 0. The maximum absolute atomic E-state index is 10.2. The fourth-order valence-electron chi connectivity index (χ4n) is 3.43. The van der Waals surface area contributed by atoms with E-state index in [9.17, 15) is 5.11 Å². The van der Waals surface area contributed by atoms with Gasteiger partial charge in [-0.3, -0.25) is 9.89 Å². The predicted molar refractivity (Wildman–Crippen MR) is 129 cm³/mol. The van der Waals surface area contributed by atoms with Crippen molar-refractivity contribution in [3.8, 4) is 11.5 Å². The third-order valence-corrected chi connectivity index (χ3v) is 5.05. The Balaban J connectivity index is 0.00000420. The molecule has 3 N–H and O–H groups in total. The number of ether oxygens (including phenoxy) is 2. The van der Waals surface area contributed by atoms with Crippen LogP contribution >= 0.6 is 24.0 Å². The Morgan fingerprint density at radius 3 is 2.62 bits per heavy atom. The molecule has 0 aliphatic carbocycles. The van der Waals surface area contributed by atoms with Crippen molar-refractivity contribution in [3.63, 3.8) is 0 Å². The van der Waals surface area contributed by atoms with Crippen LogP contribution < -0.4 is 15.4 Å². The van der Waals surface area contributed by atoms with Crippen LogP contribution in [0.5, 0.6) is 11.5 Å². The van der Waals surface area contributed by atoms with Gasteiger partial charge in [0.25, 0.3) is 0 Å². The smallest absolute Gasteiger partial charge is 0.191 e. The second-order valence-corrected chi connectivity index (χ2v) is 7.32. The average Bonchev–Trinajstić information content (AvgIpc) is 2.70. The van der Waals surface area contributed by atoms with Crippen molar-refractivity contribution in [2.24, 2.45) is 10.9 Å². The Hall–Kier alpha value is -1.26. The summed E-state index contributed by atoms with van der Waals surface area (Å²) in [5.41, 5.74) is 0.857. The van der Waals surface area contributed by atoms with Gasteiger partial charge in [0.05, 0.1) is 26.9 Å². The fourth-order valence-corrected chi connectivity index (χ4v) is 3.43. The van der Waals surface area contributed by atoms with Crippen molar-refractivity contribution in [3.05, 3.63) is 23.8 Å². The van der Waals surface area contributed by atoms with Gasteiger partial charge in [-0.1, -0.05) is 26.0 Å². The molecule has 1 atom stereocenters. The van der Waals surface area contributed by atoms with Crippen LogP contribution in [0.3, 0.4) is 0 Å². The van der Waals surface area contributed by atoms with Crippen molar-refractivity contribution in [1.29, 1.82) is 0 Å². The first-order chi connectivity index (χ1) is 13.6. The molecule has 7 nitrogen and oxygen atoms in total. The summed E-state index contributed by atoms with van der Waals surface area (Å²) in [5.74, 6) is 2.05. The molecule has 0 saturated carbocycles. The van der Waals surface area contributed by atoms with Crippen LogP contribution in [-0.4, -0.2) is 75.1 Å². The topological polar surface area (TPSA) is 78.4 Å². The maximum Gasteiger partial charge on any atom is 0.191 e. The van der Waals surface area contributed by atoms with Gasteiger partial charge in [-0.25, -0.2) is 0 Å². The van der Waals surface area contributed by atoms with Crippen molar-refractivity contribution in [1.82, 2.24) is 15.5 Å². The number of nitrogens with zero attached hydrogens (tertiary/aromatic N) is 2. The summed E-state index contributed by atoms with van der Waals surface area (Å²) in [6, 6.07) is 5.97. The summed E-state index contributed by atoms with van der Waals surface area (Å²) in [5, 5.41) is 16.9. The fraction of sp³-hybridized carbons (Fsp3) is 0.667. The van der Waals surface area contributed by atoms with Crippen LogP contribution in [0.4, 0.5) is 0 Å². The lowest BCUT2D eigenvalue weighted by molar-refractivity contribution is 0.00867. The van der Waals surface area contributed by atoms with Gasteiger partial charge >= 0.3 is 0 Å². The Bertz CT molecular complexity index is 622. The number of aliphatic imine (C=N–C) groups is 1. The van der Waals surface area contributed by atoms with E-state index in [4.69, 9.17) is 14.5 Å². The first kappa shape index (κ1) is 25.8. The van der Waals surface area contributed by atoms with Crippen molar-refractivity contribution >= 4 is 29.9 Å². The van der Waals surface area contributed by atoms with Gasteiger partial charge in [-0.05, 0) is 30.9 Å². The molecule has 1 aliphatic rings. The molecule has 0 amide bonds. The van der Waals surface area contributed by atoms with Gasteiger partial charge in [-0.2, -0.15) is 0 Å². The molecule has 29 heavy (non-hydrogen) atoms. The van der Waals surface area contributed by atoms with E-state index in [1.54, 1.807) is 13.2 Å². The van der Waals surface area contributed by atoms with Crippen molar-refractivity contribution in [2.75, 3.05) is 53.0 Å². The molecule has 1 aliphatic heterocycles. The van der Waals surface area contributed by atoms with Crippen LogP contribution in [0.25, 0.3) is 0 Å². The molecule has 2 rings (SSSR count). The summed E-state index contributed by atoms with van der Waals surface area (Å²) in [6.45, 7) is 12.3. The standard InChI is InChI=1S/C21H36N4O3.HI/c1-5-22-21(23-10-9-17-7-6-8-19(27-4)20(17)26)24-15-18(16(2)3)25-11-13-28-14-12-25;/h6-8,16,18,26H,5,9-15H2,1-4H3,(H2,22,23,24);1H. The zero-order valence-corrected chi connectivity index (χ0v) is 20.4. The molecule has 0 spiro atoms. The van der Waals surface area contributed by atoms with Crippen LogP contribution in [0.15, 0.2) is 23.2 Å². The number of nitrogens with one attached hydrogen (secondary N) is 2. The zero-order chi connectivity index (χ0) is 20.4. The number of aromatic hydroxyl groups is 1. The van der Waals surface area contributed by atoms with Gasteiger partial charge in [-0.15, -0.1) is 24.0 Å². The second kappa shape index (κ2) is 13.9. The summed E-state index contributed by atoms with van der Waals surface area (Å²) in [4.78, 5) is 7.30. The number of methoxy groups -OCH3 is 1. The van der Waals surface area contributed by atoms with Gasteiger partial charge in [0.15, 0.2) is 17.5 Å². The van der Waals surface area contributed by atoms with Crippen molar-refractivity contribution < 1.29 is 14.6 Å². The number of rotatable bonds is 9. The van der Waals surface area contributed by atoms with E-state index >= 15 is 0 Å². The second-order valence-electron chi connectivity index (χ2n) is 7.32. The van der Waals surface area contributed by atoms with E-state index in [2.05, 4.69) is 36.3 Å². The number of hydrogen-bond acceptors (Lipinski definition) is 5. The highest BCUT2D eigenvalue weighted by Gasteiger charge is 2.23. The van der Waals surface area contributed by atoms with Crippen LogP contribution in [0, 0.1) is 5.92 Å². The van der Waals surface area contributed by atoms with Gasteiger partial charge < -0.3 is 25.2 Å². The van der Waals surface area contributed by atoms with Gasteiger partial charge in [0.2, 0.25) is 0 Å². The number of morpholine rings is 1. The van der Waals surface area contributed by atoms with Crippen LogP contribution in [-0.2, 0) is 11.2 Å². The molecule has 166 valence electrons. The van der Waals surface area contributed by atoms with E-state index in [0.717, 1.165) is 50.9 Å². The Morgan fingerprint density at radius 1 is 1.28 bits per heavy atom. The normalized spacial score (nSPS) is 16.2. The predicted octanol–water partition coefficient (Wildman–Crippen LogP) is 2.47. The van der Waals surface area contributed by atoms with E-state index in [0.29, 0.717) is 30.7 Å². The third-order valence-electron chi connectivity index (χ3n) is 5.05. The molecule has 1 fully saturated rings. The summed E-state index contributed by atoms with van der Waals surface area (Å²) < 4.78 is 10.7. The van der Waals surface area contributed by atoms with Gasteiger partial charge in [0, 0.05) is 32.2 Å². The quantitative estimate of drug-likeness (QED) is 0.264. The largest absolute Gasteiger partial charge is 0.504 e. The number of guanidine groups is 1. The maximum atomic E-state index is 10.2. The molecular formula is C21H37IN4O3. The number of para-hydroxylation sites is 1. The summed E-state index contributed by atoms with van der Waals surface area (Å²) >= 11 is 0. The first-order valence-electron chi connectivity index (χ1n) is 10.3. The Morgan fingerprint density at radius 2 is 2.00 bits per heavy atom. The first-order valence-corrected chi connectivity index (χ1v) is 10.3. The van der Waals surface area contributed by atoms with Crippen LogP contribution in [0.2, 0.25) is 0 Å². The minimum atomic E-state index is 0. The summed E-state index contributed by atoms with van der Waals surface area (Å²) in [7, 11) is 1.56. The van der Waals surface area contributed by atoms with E-state index in [1.165, 1.54) is 0 Å². The summed E-state index contributed by atoms with van der Waals surface area (Å²) in [6.07, 6.45) is 0.685. The average molecular weight is 520 g/mol. The molecule has 1 aromatic carbocycles. The van der Waals surface area contributed by atoms with E-state index in [-0.39, 0.29) is 29.7 Å². The van der Waals surface area contributed by atoms with Crippen LogP contribution in [0.1, 0.15) is 26.3 Å². The highest BCUT2D eigenvalue weighted by atomic mass is 127. The third kappa shape index (κ3) is 8.18. The number of halogens is 1. The van der Waals surface area contributed by atoms with Crippen molar-refractivity contribution in [2.45, 2.75) is 33.2 Å². The Kier molecular flexibility index (Phi) is 12.3. The lowest BCUT2D eigenvalue weighted by atomic mass is 10.0. The molecule has 1 heterocycles. The molecule has 0 aromatic heterocycles. The number of benzene rings is 1. The number of phenols is 1. The monoisotopic (exact) mass is 520 g/mol. The Labute approximate surface area is 192 Å². The lowest BCUT2D eigenvalue weighted by Gasteiger charge is -2.36. The molecule has 0 bridgehead atoms. The molecule has 1 unspecified atom stereocenters. The number of hydrogen-bond donors (Lipinski definition) is 3. The molecular weight excluding hydrogens is 483 g/mol. The lowest BCUT2D eigenvalue weighted by Crippen LogP contribution is -2.48. The molecule has 1 aromatic rings.